The molecule has 0 aromatic heterocycles. The molecule has 5 rings (SSSR count). The fourth-order valence-corrected chi connectivity index (χ4v) is 9.12. The molecule has 1 saturated heterocycles. The Morgan fingerprint density at radius 1 is 0.900 bits per heavy atom. The van der Waals surface area contributed by atoms with Gasteiger partial charge in [-0.2, -0.15) is 0 Å². The molecular formula is C27H44O3. The molecule has 0 aromatic carbocycles. The van der Waals surface area contributed by atoms with E-state index in [0.29, 0.717) is 29.3 Å². The Hall–Kier alpha value is -0.380. The molecule has 30 heavy (non-hydrogen) atoms. The monoisotopic (exact) mass is 416 g/mol. The van der Waals surface area contributed by atoms with E-state index in [4.69, 9.17) is 4.74 Å². The minimum atomic E-state index is -0.547. The second-order valence-corrected chi connectivity index (χ2v) is 12.8. The highest BCUT2D eigenvalue weighted by Crippen LogP contribution is 2.67. The molecule has 1 aliphatic heterocycles. The van der Waals surface area contributed by atoms with Gasteiger partial charge < -0.3 is 14.9 Å². The van der Waals surface area contributed by atoms with Crippen LogP contribution in [0.4, 0.5) is 0 Å². The van der Waals surface area contributed by atoms with Crippen LogP contribution in [0.1, 0.15) is 92.4 Å². The topological polar surface area (TPSA) is 49.7 Å². The fraction of sp³-hybridized carbons (Fsp3) is 0.926. The van der Waals surface area contributed by atoms with E-state index in [0.717, 1.165) is 25.2 Å². The van der Waals surface area contributed by atoms with Crippen LogP contribution in [-0.4, -0.2) is 34.1 Å². The Labute approximate surface area is 183 Å². The van der Waals surface area contributed by atoms with Gasteiger partial charge in [-0.3, -0.25) is 0 Å². The summed E-state index contributed by atoms with van der Waals surface area (Å²) in [6.07, 6.45) is 12.3. The van der Waals surface area contributed by atoms with Gasteiger partial charge in [0.15, 0.2) is 0 Å². The van der Waals surface area contributed by atoms with Gasteiger partial charge in [-0.15, -0.1) is 0 Å². The van der Waals surface area contributed by atoms with Crippen molar-refractivity contribution in [3.8, 4) is 0 Å². The third-order valence-corrected chi connectivity index (χ3v) is 10.9. The first-order chi connectivity index (χ1) is 14.1. The number of aliphatic hydroxyl groups is 2. The Morgan fingerprint density at radius 3 is 2.30 bits per heavy atom. The first kappa shape index (κ1) is 21.5. The van der Waals surface area contributed by atoms with Crippen LogP contribution in [0.3, 0.4) is 0 Å². The summed E-state index contributed by atoms with van der Waals surface area (Å²) in [6.45, 7) is 12.0. The first-order valence-electron chi connectivity index (χ1n) is 12.8. The summed E-state index contributed by atoms with van der Waals surface area (Å²) in [5.74, 6) is 2.93. The predicted octanol–water partition coefficient (Wildman–Crippen LogP) is 5.49. The lowest BCUT2D eigenvalue weighted by atomic mass is 9.47. The highest BCUT2D eigenvalue weighted by Gasteiger charge is 2.60. The second kappa shape index (κ2) is 7.06. The van der Waals surface area contributed by atoms with Crippen LogP contribution in [0.25, 0.3) is 0 Å². The number of allylic oxidation sites excluding steroid dienone is 2. The zero-order valence-electron chi connectivity index (χ0n) is 19.9. The zero-order chi connectivity index (χ0) is 21.5. The van der Waals surface area contributed by atoms with Gasteiger partial charge in [-0.1, -0.05) is 32.4 Å². The Balaban J connectivity index is 1.39. The summed E-state index contributed by atoms with van der Waals surface area (Å²) in [7, 11) is 0. The second-order valence-electron chi connectivity index (χ2n) is 12.8. The maximum Gasteiger partial charge on any atom is 0.0835 e. The van der Waals surface area contributed by atoms with Gasteiger partial charge in [0.25, 0.3) is 0 Å². The van der Waals surface area contributed by atoms with Gasteiger partial charge in [0.05, 0.1) is 23.9 Å². The molecule has 0 bridgehead atoms. The molecule has 170 valence electrons. The number of hydrogen-bond donors (Lipinski definition) is 2. The smallest absolute Gasteiger partial charge is 0.0835 e. The third kappa shape index (κ3) is 3.01. The molecule has 0 amide bonds. The van der Waals surface area contributed by atoms with Crippen LogP contribution in [0.15, 0.2) is 11.6 Å². The van der Waals surface area contributed by atoms with E-state index in [1.807, 2.05) is 0 Å². The van der Waals surface area contributed by atoms with E-state index >= 15 is 0 Å². The van der Waals surface area contributed by atoms with E-state index in [9.17, 15) is 10.2 Å². The van der Waals surface area contributed by atoms with E-state index in [1.54, 1.807) is 5.57 Å². The normalized spacial score (nSPS) is 53.4. The molecule has 5 aliphatic rings. The van der Waals surface area contributed by atoms with Crippen LogP contribution >= 0.6 is 0 Å². The molecule has 3 nitrogen and oxygen atoms in total. The average Bonchev–Trinajstić information content (AvgIpc) is 3.23. The van der Waals surface area contributed by atoms with Gasteiger partial charge in [-0.25, -0.2) is 0 Å². The van der Waals surface area contributed by atoms with Crippen molar-refractivity contribution in [2.45, 2.75) is 116 Å². The number of rotatable bonds is 2. The number of aliphatic hydroxyl groups excluding tert-OH is 2. The Morgan fingerprint density at radius 2 is 1.60 bits per heavy atom. The quantitative estimate of drug-likeness (QED) is 0.585. The van der Waals surface area contributed by atoms with Crippen LogP contribution in [0.2, 0.25) is 0 Å². The number of fused-ring (bicyclic) bond motifs is 5. The third-order valence-electron chi connectivity index (χ3n) is 10.9. The lowest BCUT2D eigenvalue weighted by Gasteiger charge is -2.58. The Bertz CT molecular complexity index is 713. The van der Waals surface area contributed by atoms with Crippen molar-refractivity contribution >= 4 is 0 Å². The average molecular weight is 417 g/mol. The molecule has 4 fully saturated rings. The summed E-state index contributed by atoms with van der Waals surface area (Å²) >= 11 is 0. The van der Waals surface area contributed by atoms with Crippen LogP contribution in [0, 0.1) is 40.4 Å². The maximum absolute atomic E-state index is 10.8. The Kier molecular flexibility index (Phi) is 5.05. The van der Waals surface area contributed by atoms with E-state index < -0.39 is 12.2 Å². The van der Waals surface area contributed by atoms with E-state index in [-0.39, 0.29) is 16.9 Å². The van der Waals surface area contributed by atoms with E-state index in [2.05, 4.69) is 40.7 Å². The van der Waals surface area contributed by atoms with Crippen LogP contribution in [0.5, 0.6) is 0 Å². The van der Waals surface area contributed by atoms with Gasteiger partial charge in [0, 0.05) is 0 Å². The summed E-state index contributed by atoms with van der Waals surface area (Å²) in [5.41, 5.74) is 2.34. The lowest BCUT2D eigenvalue weighted by molar-refractivity contribution is -0.125. The summed E-state index contributed by atoms with van der Waals surface area (Å²) in [4.78, 5) is 0. The summed E-state index contributed by atoms with van der Waals surface area (Å²) in [5, 5.41) is 21.0. The highest BCUT2D eigenvalue weighted by atomic mass is 16.5. The molecule has 3 heteroatoms. The van der Waals surface area contributed by atoms with Crippen molar-refractivity contribution < 1.29 is 14.9 Å². The van der Waals surface area contributed by atoms with Gasteiger partial charge in [0.1, 0.15) is 0 Å². The summed E-state index contributed by atoms with van der Waals surface area (Å²) in [6, 6.07) is 0. The van der Waals surface area contributed by atoms with Gasteiger partial charge >= 0.3 is 0 Å². The van der Waals surface area contributed by atoms with Gasteiger partial charge in [0.2, 0.25) is 0 Å². The molecule has 4 aliphatic carbocycles. The predicted molar refractivity (Wildman–Crippen MR) is 120 cm³/mol. The molecule has 1 heterocycles. The van der Waals surface area contributed by atoms with Gasteiger partial charge in [-0.05, 0) is 112 Å². The van der Waals surface area contributed by atoms with Crippen LogP contribution in [-0.2, 0) is 4.74 Å². The van der Waals surface area contributed by atoms with Crippen molar-refractivity contribution in [2.24, 2.45) is 40.4 Å². The first-order valence-corrected chi connectivity index (χ1v) is 12.8. The van der Waals surface area contributed by atoms with Crippen molar-refractivity contribution in [3.63, 3.8) is 0 Å². The molecule has 2 N–H and O–H groups in total. The lowest BCUT2D eigenvalue weighted by Crippen LogP contribution is -2.55. The molecule has 0 spiro atoms. The van der Waals surface area contributed by atoms with Crippen molar-refractivity contribution in [3.05, 3.63) is 11.6 Å². The van der Waals surface area contributed by atoms with Crippen molar-refractivity contribution in [1.29, 1.82) is 0 Å². The molecular weight excluding hydrogens is 372 g/mol. The largest absolute Gasteiger partial charge is 0.390 e. The standard InChI is InChI=1S/C27H44O3/c1-16(23-12-13-25(2,3)30-23)18-8-9-19-17-6-7-21-24(29)22(28)11-15-27(21,5)20(17)10-14-26(18,19)4/h6,16,18-24,28-29H,7-15H2,1-5H3/t16-,18+,19-,20-,21?,22-,23+,24+,26+,27+/m0/s1. The minimum absolute atomic E-state index is 0.0530. The van der Waals surface area contributed by atoms with Crippen LogP contribution < -0.4 is 0 Å². The van der Waals surface area contributed by atoms with E-state index in [1.165, 1.54) is 38.5 Å². The molecule has 0 radical (unpaired) electrons. The molecule has 0 aromatic rings. The molecule has 10 atom stereocenters. The molecule has 3 saturated carbocycles. The summed E-state index contributed by atoms with van der Waals surface area (Å²) < 4.78 is 6.50. The number of ether oxygens (including phenoxy) is 1. The minimum Gasteiger partial charge on any atom is -0.390 e. The SMILES string of the molecule is C[C@@H]([C@H]1CC[C@H]2C3=CCC4[C@@H](O)[C@@H](O)CC[C@]4(C)[C@H]3CC[C@]12C)[C@H]1CCC(C)(C)O1. The molecule has 1 unspecified atom stereocenters. The number of hydrogen-bond acceptors (Lipinski definition) is 3. The van der Waals surface area contributed by atoms with Crippen molar-refractivity contribution in [2.75, 3.05) is 0 Å². The zero-order valence-corrected chi connectivity index (χ0v) is 19.9. The fourth-order valence-electron chi connectivity index (χ4n) is 9.12. The van der Waals surface area contributed by atoms with Crippen molar-refractivity contribution in [1.82, 2.24) is 0 Å². The highest BCUT2D eigenvalue weighted by molar-refractivity contribution is 5.28. The maximum atomic E-state index is 10.8.